The first kappa shape index (κ1) is 10.6. The van der Waals surface area contributed by atoms with Crippen molar-refractivity contribution in [2.45, 2.75) is 6.54 Å². The predicted molar refractivity (Wildman–Crippen MR) is 61.8 cm³/mol. The van der Waals surface area contributed by atoms with Crippen molar-refractivity contribution in [2.75, 3.05) is 0 Å². The Morgan fingerprint density at radius 1 is 1.47 bits per heavy atom. The molecule has 0 saturated heterocycles. The van der Waals surface area contributed by atoms with Gasteiger partial charge in [0.25, 0.3) is 0 Å². The van der Waals surface area contributed by atoms with Crippen molar-refractivity contribution in [1.82, 2.24) is 4.57 Å². The number of benzene rings is 1. The van der Waals surface area contributed by atoms with Crippen LogP contribution in [0.5, 0.6) is 0 Å². The highest BCUT2D eigenvalue weighted by atomic mass is 79.9. The van der Waals surface area contributed by atoms with Gasteiger partial charge in [-0.3, -0.25) is 4.79 Å². The van der Waals surface area contributed by atoms with E-state index in [1.807, 2.05) is 0 Å². The summed E-state index contributed by atoms with van der Waals surface area (Å²) >= 11 is 4.22. The summed E-state index contributed by atoms with van der Waals surface area (Å²) in [6, 6.07) is 5.05. The second kappa shape index (κ2) is 4.28. The maximum absolute atomic E-state index is 13.6. The van der Waals surface area contributed by atoms with Crippen LogP contribution in [0.3, 0.4) is 0 Å². The van der Waals surface area contributed by atoms with Gasteiger partial charge in [-0.1, -0.05) is 23.5 Å². The van der Waals surface area contributed by atoms with E-state index in [2.05, 4.69) is 15.9 Å². The van der Waals surface area contributed by atoms with Crippen LogP contribution < -0.4 is 4.87 Å². The maximum atomic E-state index is 13.6. The summed E-state index contributed by atoms with van der Waals surface area (Å²) < 4.78 is 15.5. The second-order valence-corrected chi connectivity index (χ2v) is 4.72. The van der Waals surface area contributed by atoms with Gasteiger partial charge in [0, 0.05) is 17.1 Å². The summed E-state index contributed by atoms with van der Waals surface area (Å²) in [6.45, 7) is 0.271. The molecule has 0 radical (unpaired) electrons. The topological polar surface area (TPSA) is 22.0 Å². The lowest BCUT2D eigenvalue weighted by molar-refractivity contribution is 0.592. The van der Waals surface area contributed by atoms with Gasteiger partial charge in [0.05, 0.1) is 11.0 Å². The summed E-state index contributed by atoms with van der Waals surface area (Å²) in [7, 11) is 0. The molecule has 0 amide bonds. The zero-order valence-electron chi connectivity index (χ0n) is 7.61. The van der Waals surface area contributed by atoms with E-state index in [1.54, 1.807) is 29.8 Å². The molecule has 15 heavy (non-hydrogen) atoms. The molecule has 0 aliphatic carbocycles. The summed E-state index contributed by atoms with van der Waals surface area (Å²) in [5.74, 6) is -0.310. The van der Waals surface area contributed by atoms with E-state index in [9.17, 15) is 9.18 Å². The number of aromatic nitrogens is 1. The third-order valence-corrected chi connectivity index (χ3v) is 3.32. The molecular weight excluding hydrogens is 281 g/mol. The van der Waals surface area contributed by atoms with Crippen molar-refractivity contribution in [3.8, 4) is 0 Å². The molecule has 0 aliphatic heterocycles. The Hall–Kier alpha value is -0.940. The van der Waals surface area contributed by atoms with Gasteiger partial charge in [-0.2, -0.15) is 0 Å². The minimum absolute atomic E-state index is 0.0747. The monoisotopic (exact) mass is 287 g/mol. The summed E-state index contributed by atoms with van der Waals surface area (Å²) in [5.41, 5.74) is 0.505. The van der Waals surface area contributed by atoms with Crippen molar-refractivity contribution in [3.05, 3.63) is 55.3 Å². The van der Waals surface area contributed by atoms with Gasteiger partial charge in [-0.05, 0) is 22.0 Å². The van der Waals surface area contributed by atoms with E-state index in [4.69, 9.17) is 0 Å². The standard InChI is InChI=1S/C10H7BrFNOS/c11-8-3-1-2-7(9(8)12)6-13-4-5-15-10(13)14/h1-5H,6H2. The molecule has 1 heterocycles. The van der Waals surface area contributed by atoms with Crippen molar-refractivity contribution in [3.63, 3.8) is 0 Å². The molecule has 0 N–H and O–H groups in total. The quantitative estimate of drug-likeness (QED) is 0.833. The van der Waals surface area contributed by atoms with E-state index in [0.717, 1.165) is 11.3 Å². The van der Waals surface area contributed by atoms with Crippen LogP contribution in [0.4, 0.5) is 4.39 Å². The SMILES string of the molecule is O=c1sccn1Cc1cccc(Br)c1F. The molecule has 2 nitrogen and oxygen atoms in total. The first-order chi connectivity index (χ1) is 7.18. The van der Waals surface area contributed by atoms with Crippen molar-refractivity contribution < 1.29 is 4.39 Å². The van der Waals surface area contributed by atoms with Gasteiger partial charge in [0.2, 0.25) is 0 Å². The second-order valence-electron chi connectivity index (χ2n) is 3.01. The van der Waals surface area contributed by atoms with Crippen molar-refractivity contribution in [2.24, 2.45) is 0 Å². The average molecular weight is 288 g/mol. The third kappa shape index (κ3) is 2.18. The highest BCUT2D eigenvalue weighted by Crippen LogP contribution is 2.18. The van der Waals surface area contributed by atoms with E-state index < -0.39 is 0 Å². The van der Waals surface area contributed by atoms with E-state index >= 15 is 0 Å². The number of thiazole rings is 1. The van der Waals surface area contributed by atoms with Crippen LogP contribution in [0.15, 0.2) is 39.0 Å². The Morgan fingerprint density at radius 3 is 2.93 bits per heavy atom. The minimum atomic E-state index is -0.310. The average Bonchev–Trinajstić information content (AvgIpc) is 2.60. The lowest BCUT2D eigenvalue weighted by Crippen LogP contribution is -2.13. The normalized spacial score (nSPS) is 10.5. The zero-order valence-corrected chi connectivity index (χ0v) is 10.0. The Morgan fingerprint density at radius 2 is 2.27 bits per heavy atom. The fourth-order valence-electron chi connectivity index (χ4n) is 1.26. The van der Waals surface area contributed by atoms with Gasteiger partial charge in [0.1, 0.15) is 5.82 Å². The molecule has 0 fully saturated rings. The molecule has 0 aliphatic rings. The smallest absolute Gasteiger partial charge is 0.301 e. The molecule has 1 aromatic heterocycles. The largest absolute Gasteiger partial charge is 0.307 e. The molecule has 0 atom stereocenters. The van der Waals surface area contributed by atoms with E-state index in [0.29, 0.717) is 10.0 Å². The molecule has 1 aromatic carbocycles. The number of rotatable bonds is 2. The lowest BCUT2D eigenvalue weighted by Gasteiger charge is -2.04. The number of hydrogen-bond acceptors (Lipinski definition) is 2. The Bertz CT molecular complexity index is 534. The maximum Gasteiger partial charge on any atom is 0.307 e. The molecule has 0 spiro atoms. The molecule has 78 valence electrons. The fraction of sp³-hybridized carbons (Fsp3) is 0.100. The van der Waals surface area contributed by atoms with Crippen LogP contribution in [0.25, 0.3) is 0 Å². The van der Waals surface area contributed by atoms with Crippen molar-refractivity contribution in [1.29, 1.82) is 0 Å². The first-order valence-corrected chi connectivity index (χ1v) is 5.92. The highest BCUT2D eigenvalue weighted by molar-refractivity contribution is 9.10. The van der Waals surface area contributed by atoms with E-state index in [-0.39, 0.29) is 17.2 Å². The third-order valence-electron chi connectivity index (χ3n) is 2.02. The number of halogens is 2. The van der Waals surface area contributed by atoms with E-state index in [1.165, 1.54) is 4.57 Å². The summed E-state index contributed by atoms with van der Waals surface area (Å²) in [5, 5.41) is 1.69. The molecular formula is C10H7BrFNOS. The van der Waals surface area contributed by atoms with Crippen LogP contribution >= 0.6 is 27.3 Å². The highest BCUT2D eigenvalue weighted by Gasteiger charge is 2.07. The summed E-state index contributed by atoms with van der Waals surface area (Å²) in [4.78, 5) is 11.2. The lowest BCUT2D eigenvalue weighted by atomic mass is 10.2. The van der Waals surface area contributed by atoms with Gasteiger partial charge in [-0.15, -0.1) is 0 Å². The van der Waals surface area contributed by atoms with Gasteiger partial charge in [-0.25, -0.2) is 4.39 Å². The molecule has 0 saturated carbocycles. The molecule has 2 rings (SSSR count). The van der Waals surface area contributed by atoms with Crippen LogP contribution in [-0.4, -0.2) is 4.57 Å². The Labute approximate surface area is 98.1 Å². The predicted octanol–water partition coefficient (Wildman–Crippen LogP) is 2.86. The Balaban J connectivity index is 2.37. The molecule has 0 unspecified atom stereocenters. The molecule has 2 aromatic rings. The van der Waals surface area contributed by atoms with Crippen LogP contribution in [0.1, 0.15) is 5.56 Å². The summed E-state index contributed by atoms with van der Waals surface area (Å²) in [6.07, 6.45) is 1.66. The van der Waals surface area contributed by atoms with Crippen LogP contribution in [0.2, 0.25) is 0 Å². The fourth-order valence-corrected chi connectivity index (χ4v) is 2.25. The van der Waals surface area contributed by atoms with Gasteiger partial charge < -0.3 is 4.57 Å². The first-order valence-electron chi connectivity index (χ1n) is 4.25. The number of nitrogens with zero attached hydrogens (tertiary/aromatic N) is 1. The van der Waals surface area contributed by atoms with Gasteiger partial charge >= 0.3 is 4.87 Å². The van der Waals surface area contributed by atoms with Crippen LogP contribution in [-0.2, 0) is 6.54 Å². The zero-order chi connectivity index (χ0) is 10.8. The molecule has 0 bridgehead atoms. The Kier molecular flexibility index (Phi) is 3.02. The number of hydrogen-bond donors (Lipinski definition) is 0. The van der Waals surface area contributed by atoms with Crippen molar-refractivity contribution >= 4 is 27.3 Å². The molecule has 5 heteroatoms. The van der Waals surface area contributed by atoms with Gasteiger partial charge in [0.15, 0.2) is 0 Å². The minimum Gasteiger partial charge on any atom is -0.301 e. The van der Waals surface area contributed by atoms with Crippen LogP contribution in [0, 0.1) is 5.82 Å².